The van der Waals surface area contributed by atoms with E-state index < -0.39 is 0 Å². The third-order valence-corrected chi connectivity index (χ3v) is 3.94. The molecular formula is C12H16O3S. The predicted octanol–water partition coefficient (Wildman–Crippen LogP) is 2.89. The lowest BCUT2D eigenvalue weighted by molar-refractivity contribution is 0.0943. The maximum atomic E-state index is 5.51. The standard InChI is InChI=1S/C12H16O3S/c1-13-8-4-5-10(15-3)12-11(8)9(14-2)6-7-16-12/h4-5,9H,6-7H2,1-3H3. The van der Waals surface area contributed by atoms with Crippen LogP contribution in [0.5, 0.6) is 11.5 Å². The molecule has 0 spiro atoms. The van der Waals surface area contributed by atoms with Gasteiger partial charge in [-0.15, -0.1) is 11.8 Å². The van der Waals surface area contributed by atoms with Gasteiger partial charge in [-0.2, -0.15) is 0 Å². The van der Waals surface area contributed by atoms with Gasteiger partial charge in [-0.25, -0.2) is 0 Å². The van der Waals surface area contributed by atoms with Crippen molar-refractivity contribution in [2.24, 2.45) is 0 Å². The van der Waals surface area contributed by atoms with Gasteiger partial charge >= 0.3 is 0 Å². The van der Waals surface area contributed by atoms with Gasteiger partial charge in [-0.1, -0.05) is 0 Å². The van der Waals surface area contributed by atoms with E-state index in [0.717, 1.165) is 34.1 Å². The minimum Gasteiger partial charge on any atom is -0.496 e. The zero-order valence-electron chi connectivity index (χ0n) is 9.78. The molecule has 0 aromatic heterocycles. The van der Waals surface area contributed by atoms with Gasteiger partial charge in [0.2, 0.25) is 0 Å². The van der Waals surface area contributed by atoms with Crippen LogP contribution in [-0.2, 0) is 4.74 Å². The Labute approximate surface area is 100 Å². The molecule has 1 aromatic rings. The summed E-state index contributed by atoms with van der Waals surface area (Å²) >= 11 is 1.80. The molecule has 0 amide bonds. The van der Waals surface area contributed by atoms with Gasteiger partial charge in [0.05, 0.1) is 25.2 Å². The lowest BCUT2D eigenvalue weighted by Crippen LogP contribution is -2.11. The number of ether oxygens (including phenoxy) is 3. The Hall–Kier alpha value is -0.870. The Morgan fingerprint density at radius 3 is 2.44 bits per heavy atom. The van der Waals surface area contributed by atoms with Gasteiger partial charge in [0.25, 0.3) is 0 Å². The molecule has 88 valence electrons. The number of hydrogen-bond acceptors (Lipinski definition) is 4. The smallest absolute Gasteiger partial charge is 0.133 e. The first kappa shape index (κ1) is 11.6. The summed E-state index contributed by atoms with van der Waals surface area (Å²) in [5.41, 5.74) is 1.13. The van der Waals surface area contributed by atoms with Crippen molar-refractivity contribution in [3.05, 3.63) is 17.7 Å². The maximum absolute atomic E-state index is 5.51. The first-order chi connectivity index (χ1) is 7.81. The summed E-state index contributed by atoms with van der Waals surface area (Å²) in [5.74, 6) is 2.84. The van der Waals surface area contributed by atoms with Crippen molar-refractivity contribution in [3.8, 4) is 11.5 Å². The molecule has 0 N–H and O–H groups in total. The van der Waals surface area contributed by atoms with E-state index in [9.17, 15) is 0 Å². The molecule has 1 heterocycles. The average Bonchev–Trinajstić information content (AvgIpc) is 2.36. The number of hydrogen-bond donors (Lipinski definition) is 0. The van der Waals surface area contributed by atoms with Crippen molar-refractivity contribution in [3.63, 3.8) is 0 Å². The second-order valence-corrected chi connectivity index (χ2v) is 4.68. The van der Waals surface area contributed by atoms with E-state index in [4.69, 9.17) is 14.2 Å². The van der Waals surface area contributed by atoms with Crippen LogP contribution in [0.3, 0.4) is 0 Å². The first-order valence-corrected chi connectivity index (χ1v) is 6.20. The molecule has 4 heteroatoms. The summed E-state index contributed by atoms with van der Waals surface area (Å²) in [5, 5.41) is 0. The molecule has 1 atom stereocenters. The predicted molar refractivity (Wildman–Crippen MR) is 64.6 cm³/mol. The molecule has 1 aromatic carbocycles. The van der Waals surface area contributed by atoms with Gasteiger partial charge in [0.1, 0.15) is 11.5 Å². The van der Waals surface area contributed by atoms with Gasteiger partial charge in [-0.3, -0.25) is 0 Å². The normalized spacial score (nSPS) is 19.1. The fourth-order valence-electron chi connectivity index (χ4n) is 2.00. The number of methoxy groups -OCH3 is 3. The van der Waals surface area contributed by atoms with Crippen LogP contribution in [0.25, 0.3) is 0 Å². The minimum atomic E-state index is 0.112. The molecule has 0 aliphatic carbocycles. The summed E-state index contributed by atoms with van der Waals surface area (Å²) in [6.07, 6.45) is 1.12. The summed E-state index contributed by atoms with van der Waals surface area (Å²) in [4.78, 5) is 1.15. The second kappa shape index (κ2) is 4.97. The summed E-state index contributed by atoms with van der Waals surface area (Å²) in [6, 6.07) is 3.89. The molecule has 0 saturated carbocycles. The highest BCUT2D eigenvalue weighted by molar-refractivity contribution is 7.99. The molecule has 3 nitrogen and oxygen atoms in total. The Morgan fingerprint density at radius 2 is 1.81 bits per heavy atom. The highest BCUT2D eigenvalue weighted by Gasteiger charge is 2.27. The van der Waals surface area contributed by atoms with Gasteiger partial charge in [0, 0.05) is 18.4 Å². The Bertz CT molecular complexity index is 379. The van der Waals surface area contributed by atoms with E-state index in [1.807, 2.05) is 12.1 Å². The highest BCUT2D eigenvalue weighted by atomic mass is 32.2. The SMILES string of the molecule is COc1ccc(OC)c2c1SCCC2OC. The number of benzene rings is 1. The van der Waals surface area contributed by atoms with Crippen LogP contribution < -0.4 is 9.47 Å². The molecule has 0 radical (unpaired) electrons. The van der Waals surface area contributed by atoms with E-state index in [0.29, 0.717) is 0 Å². The highest BCUT2D eigenvalue weighted by Crippen LogP contribution is 2.47. The summed E-state index contributed by atoms with van der Waals surface area (Å²) < 4.78 is 16.3. The topological polar surface area (TPSA) is 27.7 Å². The van der Waals surface area contributed by atoms with Gasteiger partial charge in [-0.05, 0) is 18.6 Å². The maximum Gasteiger partial charge on any atom is 0.133 e. The molecule has 1 aliphatic heterocycles. The van der Waals surface area contributed by atoms with Crippen LogP contribution in [0, 0.1) is 0 Å². The molecule has 1 aliphatic rings. The van der Waals surface area contributed by atoms with Crippen LogP contribution >= 0.6 is 11.8 Å². The number of thioether (sulfide) groups is 1. The van der Waals surface area contributed by atoms with Crippen molar-refractivity contribution in [2.45, 2.75) is 17.4 Å². The van der Waals surface area contributed by atoms with Crippen LogP contribution in [0.4, 0.5) is 0 Å². The number of fused-ring (bicyclic) bond motifs is 1. The van der Waals surface area contributed by atoms with Crippen molar-refractivity contribution in [2.75, 3.05) is 27.1 Å². The van der Waals surface area contributed by atoms with E-state index in [1.165, 1.54) is 0 Å². The van der Waals surface area contributed by atoms with E-state index in [2.05, 4.69) is 0 Å². The zero-order valence-corrected chi connectivity index (χ0v) is 10.6. The summed E-state index contributed by atoms with van der Waals surface area (Å²) in [7, 11) is 5.12. The summed E-state index contributed by atoms with van der Waals surface area (Å²) in [6.45, 7) is 0. The third-order valence-electron chi connectivity index (χ3n) is 2.79. The molecular weight excluding hydrogens is 224 g/mol. The Balaban J connectivity index is 2.54. The second-order valence-electron chi connectivity index (χ2n) is 3.57. The largest absolute Gasteiger partial charge is 0.496 e. The fraction of sp³-hybridized carbons (Fsp3) is 0.500. The molecule has 16 heavy (non-hydrogen) atoms. The minimum absolute atomic E-state index is 0.112. The van der Waals surface area contributed by atoms with Crippen LogP contribution in [0.15, 0.2) is 17.0 Å². The van der Waals surface area contributed by atoms with Crippen molar-refractivity contribution in [1.82, 2.24) is 0 Å². The van der Waals surface area contributed by atoms with Gasteiger partial charge < -0.3 is 14.2 Å². The van der Waals surface area contributed by atoms with E-state index >= 15 is 0 Å². The third kappa shape index (κ3) is 1.87. The van der Waals surface area contributed by atoms with Crippen molar-refractivity contribution >= 4 is 11.8 Å². The lowest BCUT2D eigenvalue weighted by atomic mass is 10.0. The first-order valence-electron chi connectivity index (χ1n) is 5.22. The molecule has 0 fully saturated rings. The van der Waals surface area contributed by atoms with Crippen LogP contribution in [0.1, 0.15) is 18.1 Å². The van der Waals surface area contributed by atoms with E-state index in [1.54, 1.807) is 33.1 Å². The zero-order chi connectivity index (χ0) is 11.5. The van der Waals surface area contributed by atoms with Crippen molar-refractivity contribution in [1.29, 1.82) is 0 Å². The molecule has 0 bridgehead atoms. The van der Waals surface area contributed by atoms with Gasteiger partial charge in [0.15, 0.2) is 0 Å². The Morgan fingerprint density at radius 1 is 1.12 bits per heavy atom. The monoisotopic (exact) mass is 240 g/mol. The lowest BCUT2D eigenvalue weighted by Gasteiger charge is -2.27. The quantitative estimate of drug-likeness (QED) is 0.812. The Kier molecular flexibility index (Phi) is 3.61. The fourth-order valence-corrected chi connectivity index (χ4v) is 3.22. The van der Waals surface area contributed by atoms with Crippen molar-refractivity contribution < 1.29 is 14.2 Å². The molecule has 1 unspecified atom stereocenters. The molecule has 0 saturated heterocycles. The number of rotatable bonds is 3. The van der Waals surface area contributed by atoms with Crippen LogP contribution in [-0.4, -0.2) is 27.1 Å². The molecule has 2 rings (SSSR count). The average molecular weight is 240 g/mol. The van der Waals surface area contributed by atoms with E-state index in [-0.39, 0.29) is 6.10 Å². The van der Waals surface area contributed by atoms with Crippen LogP contribution in [0.2, 0.25) is 0 Å².